The molecule has 0 bridgehead atoms. The van der Waals surface area contributed by atoms with Gasteiger partial charge in [-0.15, -0.1) is 11.8 Å². The average Bonchev–Trinajstić information content (AvgIpc) is 2.53. The van der Waals surface area contributed by atoms with Crippen molar-refractivity contribution in [1.29, 1.82) is 0 Å². The van der Waals surface area contributed by atoms with Crippen molar-refractivity contribution in [1.82, 2.24) is 4.90 Å². The topological polar surface area (TPSA) is 101 Å². The number of piperidine rings is 1. The van der Waals surface area contributed by atoms with Gasteiger partial charge in [0.2, 0.25) is 5.91 Å². The molecule has 2 unspecified atom stereocenters. The number of hydrogen-bond acceptors (Lipinski definition) is 5. The molecule has 0 aliphatic carbocycles. The van der Waals surface area contributed by atoms with Crippen LogP contribution in [0.15, 0.2) is 23.1 Å². The predicted octanol–water partition coefficient (Wildman–Crippen LogP) is 3.05. The van der Waals surface area contributed by atoms with E-state index >= 15 is 0 Å². The van der Waals surface area contributed by atoms with Crippen LogP contribution in [0.3, 0.4) is 0 Å². The number of carboxylic acids is 1. The fraction of sp³-hybridized carbons (Fsp3) is 0.467. The van der Waals surface area contributed by atoms with E-state index in [2.05, 4.69) is 0 Å². The molecule has 9 heteroatoms. The summed E-state index contributed by atoms with van der Waals surface area (Å²) >= 11 is 6.77. The van der Waals surface area contributed by atoms with Gasteiger partial charge in [0.1, 0.15) is 6.04 Å². The van der Waals surface area contributed by atoms with E-state index in [9.17, 15) is 24.8 Å². The van der Waals surface area contributed by atoms with Gasteiger partial charge in [-0.05, 0) is 30.9 Å². The molecule has 130 valence electrons. The molecule has 1 aliphatic rings. The van der Waals surface area contributed by atoms with Crippen molar-refractivity contribution in [3.05, 3.63) is 33.3 Å². The normalized spacial score (nSPS) is 20.7. The molecule has 7 nitrogen and oxygen atoms in total. The maximum atomic E-state index is 12.4. The summed E-state index contributed by atoms with van der Waals surface area (Å²) in [6.07, 6.45) is 1.17. The zero-order chi connectivity index (χ0) is 17.9. The van der Waals surface area contributed by atoms with Gasteiger partial charge < -0.3 is 10.0 Å². The van der Waals surface area contributed by atoms with E-state index in [-0.39, 0.29) is 28.3 Å². The Morgan fingerprint density at radius 2 is 2.21 bits per heavy atom. The Morgan fingerprint density at radius 1 is 1.50 bits per heavy atom. The van der Waals surface area contributed by atoms with Crippen LogP contribution >= 0.6 is 23.4 Å². The zero-order valence-electron chi connectivity index (χ0n) is 13.0. The summed E-state index contributed by atoms with van der Waals surface area (Å²) in [5, 5.41) is 20.6. The number of carbonyl (C=O) groups is 2. The Bertz CT molecular complexity index is 669. The molecule has 24 heavy (non-hydrogen) atoms. The zero-order valence-corrected chi connectivity index (χ0v) is 14.5. The summed E-state index contributed by atoms with van der Waals surface area (Å²) in [6, 6.07) is 3.41. The van der Waals surface area contributed by atoms with Gasteiger partial charge in [-0.3, -0.25) is 14.9 Å². The van der Waals surface area contributed by atoms with E-state index in [1.807, 2.05) is 6.92 Å². The number of nitro benzene ring substituents is 1. The highest BCUT2D eigenvalue weighted by atomic mass is 35.5. The quantitative estimate of drug-likeness (QED) is 0.484. The SMILES string of the molecule is CC1CCN(C(=O)CSc2ccc(Cl)cc2[N+](=O)[O-])C(C(=O)O)C1. The number of halogens is 1. The monoisotopic (exact) mass is 372 g/mol. The molecule has 0 saturated carbocycles. The third-order valence-electron chi connectivity index (χ3n) is 3.94. The highest BCUT2D eigenvalue weighted by Gasteiger charge is 2.34. The summed E-state index contributed by atoms with van der Waals surface area (Å²) in [5.74, 6) is -1.15. The Hall–Kier alpha value is -1.80. The maximum absolute atomic E-state index is 12.4. The van der Waals surface area contributed by atoms with Gasteiger partial charge in [0.05, 0.1) is 15.6 Å². The van der Waals surface area contributed by atoms with Crippen LogP contribution in [0, 0.1) is 16.0 Å². The second-order valence-electron chi connectivity index (χ2n) is 5.73. The molecular weight excluding hydrogens is 356 g/mol. The molecule has 0 radical (unpaired) electrons. The van der Waals surface area contributed by atoms with Gasteiger partial charge in [-0.25, -0.2) is 4.79 Å². The van der Waals surface area contributed by atoms with E-state index in [1.54, 1.807) is 0 Å². The molecule has 1 N–H and O–H groups in total. The molecule has 0 spiro atoms. The molecule has 1 saturated heterocycles. The van der Waals surface area contributed by atoms with Gasteiger partial charge in [-0.2, -0.15) is 0 Å². The van der Waals surface area contributed by atoms with Crippen molar-refractivity contribution in [3.8, 4) is 0 Å². The third-order valence-corrected chi connectivity index (χ3v) is 5.22. The number of aliphatic carboxylic acids is 1. The molecule has 1 amide bonds. The summed E-state index contributed by atoms with van der Waals surface area (Å²) in [5.41, 5.74) is -0.164. The van der Waals surface area contributed by atoms with E-state index in [4.69, 9.17) is 11.6 Å². The van der Waals surface area contributed by atoms with Gasteiger partial charge in [-0.1, -0.05) is 18.5 Å². The first-order valence-electron chi connectivity index (χ1n) is 7.38. The highest BCUT2D eigenvalue weighted by Crippen LogP contribution is 2.32. The first-order chi connectivity index (χ1) is 11.3. The minimum Gasteiger partial charge on any atom is -0.480 e. The maximum Gasteiger partial charge on any atom is 0.326 e. The second-order valence-corrected chi connectivity index (χ2v) is 7.18. The molecule has 1 aromatic rings. The van der Waals surface area contributed by atoms with Crippen LogP contribution in [0.5, 0.6) is 0 Å². The van der Waals surface area contributed by atoms with Crippen molar-refractivity contribution in [2.45, 2.75) is 30.7 Å². The number of nitro groups is 1. The molecule has 2 rings (SSSR count). The minimum absolute atomic E-state index is 0.0549. The molecular formula is C15H17ClN2O5S. The molecule has 1 heterocycles. The largest absolute Gasteiger partial charge is 0.480 e. The predicted molar refractivity (Wildman–Crippen MR) is 90.4 cm³/mol. The van der Waals surface area contributed by atoms with Crippen LogP contribution in [0.25, 0.3) is 0 Å². The lowest BCUT2D eigenvalue weighted by molar-refractivity contribution is -0.387. The number of rotatable bonds is 5. The summed E-state index contributed by atoms with van der Waals surface area (Å²) < 4.78 is 0. The molecule has 2 atom stereocenters. The number of thioether (sulfide) groups is 1. The number of amides is 1. The van der Waals surface area contributed by atoms with Crippen LogP contribution in [-0.4, -0.2) is 45.1 Å². The van der Waals surface area contributed by atoms with E-state index in [0.29, 0.717) is 17.9 Å². The third kappa shape index (κ3) is 4.39. The van der Waals surface area contributed by atoms with Crippen molar-refractivity contribution < 1.29 is 19.6 Å². The minimum atomic E-state index is -1.02. The van der Waals surface area contributed by atoms with Gasteiger partial charge in [0.25, 0.3) is 5.69 Å². The van der Waals surface area contributed by atoms with Crippen LogP contribution < -0.4 is 0 Å². The van der Waals surface area contributed by atoms with Crippen molar-refractivity contribution in [3.63, 3.8) is 0 Å². The Morgan fingerprint density at radius 3 is 2.83 bits per heavy atom. The standard InChI is InChI=1S/C15H17ClN2O5S/c1-9-4-5-17(12(6-9)15(20)21)14(19)8-24-13-3-2-10(16)7-11(13)18(22)23/h2-3,7,9,12H,4-6,8H2,1H3,(H,20,21). The number of likely N-dealkylation sites (tertiary alicyclic amines) is 1. The number of carbonyl (C=O) groups excluding carboxylic acids is 1. The number of benzene rings is 1. The molecule has 1 fully saturated rings. The molecule has 0 aromatic heterocycles. The average molecular weight is 373 g/mol. The summed E-state index contributed by atoms with van der Waals surface area (Å²) in [7, 11) is 0. The van der Waals surface area contributed by atoms with Crippen molar-refractivity contribution in [2.24, 2.45) is 5.92 Å². The fourth-order valence-corrected chi connectivity index (χ4v) is 3.71. The Kier molecular flexibility index (Phi) is 6.06. The smallest absolute Gasteiger partial charge is 0.326 e. The number of hydrogen-bond donors (Lipinski definition) is 1. The lowest BCUT2D eigenvalue weighted by Crippen LogP contribution is -2.50. The van der Waals surface area contributed by atoms with Gasteiger partial charge >= 0.3 is 5.97 Å². The first kappa shape index (κ1) is 18.5. The van der Waals surface area contributed by atoms with E-state index in [1.165, 1.54) is 23.1 Å². The highest BCUT2D eigenvalue weighted by molar-refractivity contribution is 8.00. The lowest BCUT2D eigenvalue weighted by atomic mass is 9.92. The fourth-order valence-electron chi connectivity index (χ4n) is 2.65. The Labute approximate surface area is 148 Å². The van der Waals surface area contributed by atoms with E-state index in [0.717, 1.165) is 18.2 Å². The van der Waals surface area contributed by atoms with E-state index < -0.39 is 16.9 Å². The van der Waals surface area contributed by atoms with Gasteiger partial charge in [0.15, 0.2) is 0 Å². The van der Waals surface area contributed by atoms with Gasteiger partial charge in [0, 0.05) is 17.6 Å². The van der Waals surface area contributed by atoms with Crippen LogP contribution in [-0.2, 0) is 9.59 Å². The number of nitrogens with zero attached hydrogens (tertiary/aromatic N) is 2. The van der Waals surface area contributed by atoms with Crippen molar-refractivity contribution >= 4 is 40.9 Å². The summed E-state index contributed by atoms with van der Waals surface area (Å²) in [4.78, 5) is 35.9. The molecule has 1 aromatic carbocycles. The van der Waals surface area contributed by atoms with Crippen molar-refractivity contribution in [2.75, 3.05) is 12.3 Å². The van der Waals surface area contributed by atoms with Crippen LogP contribution in [0.2, 0.25) is 5.02 Å². The van der Waals surface area contributed by atoms with Crippen LogP contribution in [0.4, 0.5) is 5.69 Å². The summed E-state index contributed by atoms with van der Waals surface area (Å²) in [6.45, 7) is 2.35. The Balaban J connectivity index is 2.07. The van der Waals surface area contributed by atoms with Crippen LogP contribution in [0.1, 0.15) is 19.8 Å². The first-order valence-corrected chi connectivity index (χ1v) is 8.75. The second kappa shape index (κ2) is 7.85. The molecule has 1 aliphatic heterocycles. The number of carboxylic acid groups (broad SMARTS) is 1. The lowest BCUT2D eigenvalue weighted by Gasteiger charge is -2.36.